The fraction of sp³-hybridized carbons (Fsp3) is 0.350. The summed E-state index contributed by atoms with van der Waals surface area (Å²) < 4.78 is 13.0. The minimum absolute atomic E-state index is 0.102. The van der Waals surface area contributed by atoms with Crippen molar-refractivity contribution >= 4 is 45.1 Å². The van der Waals surface area contributed by atoms with E-state index < -0.39 is 0 Å². The van der Waals surface area contributed by atoms with Crippen molar-refractivity contribution < 1.29 is 9.47 Å². The van der Waals surface area contributed by atoms with Crippen molar-refractivity contribution in [3.63, 3.8) is 0 Å². The molecule has 3 nitrogen and oxygen atoms in total. The lowest BCUT2D eigenvalue weighted by Crippen LogP contribution is -2.14. The van der Waals surface area contributed by atoms with Gasteiger partial charge in [-0.05, 0) is 105 Å². The molecule has 0 radical (unpaired) electrons. The smallest absolute Gasteiger partial charge is 0.134 e. The third kappa shape index (κ3) is 8.57. The molecule has 0 bridgehead atoms. The summed E-state index contributed by atoms with van der Waals surface area (Å²) in [5.74, 6) is 1.68. The molecule has 0 aliphatic heterocycles. The van der Waals surface area contributed by atoms with Gasteiger partial charge in [0, 0.05) is 22.6 Å². The molecule has 0 aliphatic carbocycles. The summed E-state index contributed by atoms with van der Waals surface area (Å²) >= 11 is 3.65. The second-order valence-electron chi connectivity index (χ2n) is 13.4. The molecule has 4 rings (SSSR count). The summed E-state index contributed by atoms with van der Waals surface area (Å²) in [6.07, 6.45) is 6.15. The number of nitrogens with zero attached hydrogens (tertiary/aromatic N) is 1. The first-order valence-corrected chi connectivity index (χ1v) is 16.6. The summed E-state index contributed by atoms with van der Waals surface area (Å²) in [4.78, 5) is 2.33. The quantitative estimate of drug-likeness (QED) is 0.150. The number of anilines is 3. The molecule has 0 fully saturated rings. The van der Waals surface area contributed by atoms with Crippen LogP contribution in [0.3, 0.4) is 0 Å². The van der Waals surface area contributed by atoms with E-state index in [-0.39, 0.29) is 10.8 Å². The van der Waals surface area contributed by atoms with Gasteiger partial charge in [-0.3, -0.25) is 0 Å². The molecule has 4 aromatic rings. The molecule has 44 heavy (non-hydrogen) atoms. The molecule has 0 unspecified atom stereocenters. The molecule has 0 saturated heterocycles. The average molecular weight is 655 g/mol. The van der Waals surface area contributed by atoms with Crippen LogP contribution >= 0.6 is 15.9 Å². The van der Waals surface area contributed by atoms with E-state index in [9.17, 15) is 0 Å². The first-order valence-electron chi connectivity index (χ1n) is 15.8. The maximum Gasteiger partial charge on any atom is 0.134 e. The van der Waals surface area contributed by atoms with Crippen LogP contribution in [0.1, 0.15) is 90.5 Å². The number of hydrogen-bond donors (Lipinski definition) is 0. The molecule has 4 aromatic carbocycles. The Morgan fingerprint density at radius 1 is 0.591 bits per heavy atom. The summed E-state index contributed by atoms with van der Waals surface area (Å²) in [6.45, 7) is 19.1. The Morgan fingerprint density at radius 3 is 1.45 bits per heavy atom. The molecule has 0 N–H and O–H groups in total. The van der Waals surface area contributed by atoms with Gasteiger partial charge in [0.25, 0.3) is 0 Å². The molecule has 232 valence electrons. The summed E-state index contributed by atoms with van der Waals surface area (Å²) in [5, 5.41) is 0. The average Bonchev–Trinajstić information content (AvgIpc) is 2.99. The van der Waals surface area contributed by atoms with Gasteiger partial charge in [-0.25, -0.2) is 0 Å². The highest BCUT2D eigenvalue weighted by Crippen LogP contribution is 2.38. The predicted octanol–water partition coefficient (Wildman–Crippen LogP) is 12.3. The zero-order valence-electron chi connectivity index (χ0n) is 27.7. The van der Waals surface area contributed by atoms with Gasteiger partial charge in [0.05, 0.1) is 17.7 Å². The molecule has 0 aromatic heterocycles. The maximum absolute atomic E-state index is 6.08. The van der Waals surface area contributed by atoms with Crippen LogP contribution in [-0.4, -0.2) is 13.2 Å². The van der Waals surface area contributed by atoms with Gasteiger partial charge in [-0.1, -0.05) is 104 Å². The number of rotatable bonds is 11. The predicted molar refractivity (Wildman–Crippen MR) is 193 cm³/mol. The van der Waals surface area contributed by atoms with Crippen LogP contribution < -0.4 is 14.4 Å². The number of benzene rings is 4. The van der Waals surface area contributed by atoms with Crippen molar-refractivity contribution in [3.8, 4) is 11.5 Å². The normalized spacial score (nSPS) is 12.0. The summed E-state index contributed by atoms with van der Waals surface area (Å²) in [7, 11) is 0. The van der Waals surface area contributed by atoms with Crippen LogP contribution in [0.15, 0.2) is 89.4 Å². The van der Waals surface area contributed by atoms with Gasteiger partial charge in [0.2, 0.25) is 0 Å². The maximum atomic E-state index is 6.08. The molecular weight excluding hydrogens is 606 g/mol. The van der Waals surface area contributed by atoms with E-state index in [1.165, 1.54) is 11.1 Å². The first-order chi connectivity index (χ1) is 20.9. The van der Waals surface area contributed by atoms with Gasteiger partial charge in [-0.15, -0.1) is 0 Å². The standard InChI is InChI=1S/C40H48BrNO2/c1-9-25-43-37-28-36(41)38(44-26-10-2)27-30(37)14-11-29-12-19-33(20-13-29)42(34-21-15-31(16-22-34)39(3,4)5)35-23-17-32(18-24-35)40(6,7)8/h11-24,27-28H,9-10,25-26H2,1-8H3/b14-11+. The van der Waals surface area contributed by atoms with Crippen LogP contribution in [0.25, 0.3) is 12.2 Å². The van der Waals surface area contributed by atoms with Crippen molar-refractivity contribution in [2.45, 2.75) is 79.1 Å². The summed E-state index contributed by atoms with van der Waals surface area (Å²) in [5.41, 5.74) is 8.34. The van der Waals surface area contributed by atoms with E-state index in [1.807, 2.05) is 6.07 Å². The van der Waals surface area contributed by atoms with Gasteiger partial charge < -0.3 is 14.4 Å². The Labute approximate surface area is 274 Å². The van der Waals surface area contributed by atoms with E-state index in [0.29, 0.717) is 13.2 Å². The minimum Gasteiger partial charge on any atom is -0.493 e. The van der Waals surface area contributed by atoms with Crippen molar-refractivity contribution in [3.05, 3.63) is 112 Å². The monoisotopic (exact) mass is 653 g/mol. The summed E-state index contributed by atoms with van der Waals surface area (Å²) in [6, 6.07) is 30.7. The van der Waals surface area contributed by atoms with Crippen LogP contribution in [0.5, 0.6) is 11.5 Å². The van der Waals surface area contributed by atoms with E-state index in [2.05, 4.69) is 167 Å². The van der Waals surface area contributed by atoms with Crippen LogP contribution in [0.4, 0.5) is 17.1 Å². The van der Waals surface area contributed by atoms with Crippen LogP contribution in [0.2, 0.25) is 0 Å². The van der Waals surface area contributed by atoms with E-state index in [1.54, 1.807) is 0 Å². The zero-order chi connectivity index (χ0) is 31.9. The highest BCUT2D eigenvalue weighted by atomic mass is 79.9. The van der Waals surface area contributed by atoms with Gasteiger partial charge >= 0.3 is 0 Å². The number of halogens is 1. The lowest BCUT2D eigenvalue weighted by atomic mass is 9.86. The molecule has 4 heteroatoms. The molecule has 0 atom stereocenters. The molecular formula is C40H48BrNO2. The third-order valence-electron chi connectivity index (χ3n) is 7.58. The van der Waals surface area contributed by atoms with Crippen molar-refractivity contribution in [2.24, 2.45) is 0 Å². The Kier molecular flexibility index (Phi) is 11.0. The fourth-order valence-electron chi connectivity index (χ4n) is 4.93. The molecule has 0 heterocycles. The van der Waals surface area contributed by atoms with Gasteiger partial charge in [-0.2, -0.15) is 0 Å². The molecule has 0 spiro atoms. The van der Waals surface area contributed by atoms with E-state index >= 15 is 0 Å². The third-order valence-corrected chi connectivity index (χ3v) is 8.20. The SMILES string of the molecule is CCCOc1cc(/C=C/c2ccc(N(c3ccc(C(C)(C)C)cc3)c3ccc(C(C)(C)C)cc3)cc2)c(OCCC)cc1Br. The highest BCUT2D eigenvalue weighted by molar-refractivity contribution is 9.10. The molecule has 0 aliphatic rings. The Balaban J connectivity index is 1.68. The topological polar surface area (TPSA) is 21.7 Å². The zero-order valence-corrected chi connectivity index (χ0v) is 29.3. The van der Waals surface area contributed by atoms with Gasteiger partial charge in [0.1, 0.15) is 11.5 Å². The highest BCUT2D eigenvalue weighted by Gasteiger charge is 2.18. The molecule has 0 amide bonds. The lowest BCUT2D eigenvalue weighted by Gasteiger charge is -2.28. The first kappa shape index (κ1) is 33.4. The minimum atomic E-state index is 0.102. The fourth-order valence-corrected chi connectivity index (χ4v) is 5.37. The number of hydrogen-bond acceptors (Lipinski definition) is 3. The Morgan fingerprint density at radius 2 is 1.02 bits per heavy atom. The van der Waals surface area contributed by atoms with E-state index in [4.69, 9.17) is 9.47 Å². The number of ether oxygens (including phenoxy) is 2. The van der Waals surface area contributed by atoms with Crippen molar-refractivity contribution in [2.75, 3.05) is 18.1 Å². The Hall–Kier alpha value is -3.50. The van der Waals surface area contributed by atoms with E-state index in [0.717, 1.165) is 57.0 Å². The lowest BCUT2D eigenvalue weighted by molar-refractivity contribution is 0.306. The van der Waals surface area contributed by atoms with Crippen molar-refractivity contribution in [1.29, 1.82) is 0 Å². The Bertz CT molecular complexity index is 1470. The second kappa shape index (κ2) is 14.5. The van der Waals surface area contributed by atoms with Crippen LogP contribution in [0, 0.1) is 0 Å². The van der Waals surface area contributed by atoms with Crippen LogP contribution in [-0.2, 0) is 10.8 Å². The van der Waals surface area contributed by atoms with Gasteiger partial charge in [0.15, 0.2) is 0 Å². The second-order valence-corrected chi connectivity index (χ2v) is 14.2. The largest absolute Gasteiger partial charge is 0.493 e. The molecule has 0 saturated carbocycles. The van der Waals surface area contributed by atoms with Crippen molar-refractivity contribution in [1.82, 2.24) is 0 Å².